The van der Waals surface area contributed by atoms with Crippen molar-refractivity contribution in [3.8, 4) is 11.8 Å². The van der Waals surface area contributed by atoms with Gasteiger partial charge >= 0.3 is 0 Å². The van der Waals surface area contributed by atoms with Gasteiger partial charge in [-0.05, 0) is 36.8 Å². The van der Waals surface area contributed by atoms with Gasteiger partial charge in [0, 0.05) is 11.9 Å². The summed E-state index contributed by atoms with van der Waals surface area (Å²) in [6, 6.07) is 17.7. The quantitative estimate of drug-likeness (QED) is 0.769. The van der Waals surface area contributed by atoms with Gasteiger partial charge in [0.1, 0.15) is 5.76 Å². The number of nitrogens with one attached hydrogen (secondary N) is 1. The first-order valence-electron chi connectivity index (χ1n) is 7.50. The predicted molar refractivity (Wildman–Crippen MR) is 89.2 cm³/mol. The topological polar surface area (TPSA) is 58.2 Å². The third kappa shape index (κ3) is 3.20. The molecule has 0 amide bonds. The lowest BCUT2D eigenvalue weighted by molar-refractivity contribution is 0.399. The van der Waals surface area contributed by atoms with Gasteiger partial charge in [-0.25, -0.2) is 0 Å². The van der Waals surface area contributed by atoms with Crippen LogP contribution in [0.2, 0.25) is 0 Å². The lowest BCUT2D eigenvalue weighted by Gasteiger charge is -2.11. The maximum Gasteiger partial charge on any atom is 0.176 e. The minimum Gasteiger partial charge on any atom is -0.493 e. The van der Waals surface area contributed by atoms with Crippen molar-refractivity contribution in [2.75, 3.05) is 7.11 Å². The molecule has 23 heavy (non-hydrogen) atoms. The fraction of sp³-hybridized carbons (Fsp3) is 0.211. The Morgan fingerprint density at radius 1 is 1.22 bits per heavy atom. The third-order valence-corrected chi connectivity index (χ3v) is 3.84. The largest absolute Gasteiger partial charge is 0.493 e. The molecule has 1 atom stereocenters. The molecule has 1 heterocycles. The Morgan fingerprint density at radius 2 is 2.04 bits per heavy atom. The highest BCUT2D eigenvalue weighted by Gasteiger charge is 2.13. The van der Waals surface area contributed by atoms with Crippen molar-refractivity contribution < 1.29 is 9.15 Å². The molecule has 4 heteroatoms. The van der Waals surface area contributed by atoms with Crippen LogP contribution in [0.3, 0.4) is 0 Å². The van der Waals surface area contributed by atoms with E-state index in [1.807, 2.05) is 42.5 Å². The van der Waals surface area contributed by atoms with Crippen molar-refractivity contribution in [1.82, 2.24) is 5.32 Å². The number of furan rings is 1. The second kappa shape index (κ2) is 6.55. The molecule has 1 unspecified atom stereocenters. The maximum absolute atomic E-state index is 8.95. The molecule has 0 fully saturated rings. The molecule has 0 aliphatic heterocycles. The van der Waals surface area contributed by atoms with Gasteiger partial charge in [0.2, 0.25) is 0 Å². The van der Waals surface area contributed by atoms with E-state index in [-0.39, 0.29) is 6.04 Å². The van der Waals surface area contributed by atoms with Crippen LogP contribution in [0.1, 0.15) is 29.9 Å². The van der Waals surface area contributed by atoms with Crippen molar-refractivity contribution in [1.29, 1.82) is 5.26 Å². The predicted octanol–water partition coefficient (Wildman–Crippen LogP) is 4.16. The van der Waals surface area contributed by atoms with E-state index in [1.165, 1.54) is 0 Å². The minimum absolute atomic E-state index is 0.0536. The Balaban J connectivity index is 1.75. The van der Waals surface area contributed by atoms with Crippen molar-refractivity contribution in [2.24, 2.45) is 0 Å². The number of methoxy groups -OCH3 is 1. The lowest BCUT2D eigenvalue weighted by Crippen LogP contribution is -2.17. The standard InChI is InChI=1S/C19H18N2O2/c1-13(21-12-15-6-3-5-14(9-15)11-20)18-10-16-7-4-8-17(22-2)19(16)23-18/h3-10,13,21H,12H2,1-2H3. The average molecular weight is 306 g/mol. The molecular formula is C19H18N2O2. The van der Waals surface area contributed by atoms with Crippen LogP contribution in [0.15, 0.2) is 52.9 Å². The van der Waals surface area contributed by atoms with Crippen LogP contribution < -0.4 is 10.1 Å². The average Bonchev–Trinajstić information content (AvgIpc) is 3.04. The van der Waals surface area contributed by atoms with Crippen molar-refractivity contribution in [3.63, 3.8) is 0 Å². The van der Waals surface area contributed by atoms with Crippen LogP contribution in [0.4, 0.5) is 0 Å². The molecular weight excluding hydrogens is 288 g/mol. The maximum atomic E-state index is 8.95. The molecule has 1 N–H and O–H groups in total. The molecule has 0 radical (unpaired) electrons. The Kier molecular flexibility index (Phi) is 4.31. The summed E-state index contributed by atoms with van der Waals surface area (Å²) in [5.41, 5.74) is 2.51. The monoisotopic (exact) mass is 306 g/mol. The SMILES string of the molecule is COc1cccc2cc(C(C)NCc3cccc(C#N)c3)oc12. The second-order valence-electron chi connectivity index (χ2n) is 5.44. The molecule has 1 aromatic heterocycles. The molecule has 3 aromatic rings. The summed E-state index contributed by atoms with van der Waals surface area (Å²) < 4.78 is 11.3. The highest BCUT2D eigenvalue weighted by molar-refractivity contribution is 5.83. The first-order chi connectivity index (χ1) is 11.2. The molecule has 0 aliphatic carbocycles. The fourth-order valence-electron chi connectivity index (χ4n) is 2.55. The van der Waals surface area contributed by atoms with Gasteiger partial charge in [-0.1, -0.05) is 24.3 Å². The van der Waals surface area contributed by atoms with Crippen LogP contribution in [-0.2, 0) is 6.54 Å². The Labute approximate surface area is 135 Å². The molecule has 116 valence electrons. The van der Waals surface area contributed by atoms with Crippen molar-refractivity contribution in [2.45, 2.75) is 19.5 Å². The second-order valence-corrected chi connectivity index (χ2v) is 5.44. The summed E-state index contributed by atoms with van der Waals surface area (Å²) >= 11 is 0. The lowest BCUT2D eigenvalue weighted by atomic mass is 10.1. The number of hydrogen-bond donors (Lipinski definition) is 1. The zero-order chi connectivity index (χ0) is 16.2. The Morgan fingerprint density at radius 3 is 2.83 bits per heavy atom. The van der Waals surface area contributed by atoms with Gasteiger partial charge in [-0.2, -0.15) is 5.26 Å². The fourth-order valence-corrected chi connectivity index (χ4v) is 2.55. The van der Waals surface area contributed by atoms with Gasteiger partial charge in [0.05, 0.1) is 24.8 Å². The molecule has 0 aliphatic rings. The first kappa shape index (κ1) is 15.1. The first-order valence-corrected chi connectivity index (χ1v) is 7.50. The van der Waals surface area contributed by atoms with Gasteiger partial charge in [0.25, 0.3) is 0 Å². The molecule has 3 rings (SSSR count). The molecule has 0 saturated heterocycles. The van der Waals surface area contributed by atoms with E-state index in [0.717, 1.165) is 28.0 Å². The van der Waals surface area contributed by atoms with E-state index < -0.39 is 0 Å². The van der Waals surface area contributed by atoms with Crippen molar-refractivity contribution in [3.05, 3.63) is 65.4 Å². The summed E-state index contributed by atoms with van der Waals surface area (Å²) in [6.45, 7) is 2.73. The minimum atomic E-state index is 0.0536. The van der Waals surface area contributed by atoms with Crippen LogP contribution in [-0.4, -0.2) is 7.11 Å². The summed E-state index contributed by atoms with van der Waals surface area (Å²) in [4.78, 5) is 0. The smallest absolute Gasteiger partial charge is 0.176 e. The zero-order valence-electron chi connectivity index (χ0n) is 13.2. The van der Waals surface area contributed by atoms with Crippen LogP contribution in [0, 0.1) is 11.3 Å². The number of fused-ring (bicyclic) bond motifs is 1. The summed E-state index contributed by atoms with van der Waals surface area (Å²) in [6.07, 6.45) is 0. The van der Waals surface area contributed by atoms with Gasteiger partial charge in [0.15, 0.2) is 11.3 Å². The van der Waals surface area contributed by atoms with Gasteiger partial charge in [-0.15, -0.1) is 0 Å². The number of hydrogen-bond acceptors (Lipinski definition) is 4. The van der Waals surface area contributed by atoms with E-state index in [0.29, 0.717) is 12.1 Å². The Bertz CT molecular complexity index is 861. The molecule has 0 spiro atoms. The van der Waals surface area contributed by atoms with E-state index in [4.69, 9.17) is 14.4 Å². The normalized spacial score (nSPS) is 12.0. The van der Waals surface area contributed by atoms with Crippen LogP contribution in [0.25, 0.3) is 11.0 Å². The number of benzene rings is 2. The Hall–Kier alpha value is -2.77. The zero-order valence-corrected chi connectivity index (χ0v) is 13.2. The van der Waals surface area contributed by atoms with Crippen LogP contribution in [0.5, 0.6) is 5.75 Å². The number of ether oxygens (including phenoxy) is 1. The molecule has 0 bridgehead atoms. The van der Waals surface area contributed by atoms with Gasteiger partial charge < -0.3 is 14.5 Å². The third-order valence-electron chi connectivity index (χ3n) is 3.84. The molecule has 2 aromatic carbocycles. The van der Waals surface area contributed by atoms with E-state index in [1.54, 1.807) is 13.2 Å². The summed E-state index contributed by atoms with van der Waals surface area (Å²) in [7, 11) is 1.64. The highest BCUT2D eigenvalue weighted by Crippen LogP contribution is 2.30. The van der Waals surface area contributed by atoms with Gasteiger partial charge in [-0.3, -0.25) is 0 Å². The number of nitrogens with zero attached hydrogens (tertiary/aromatic N) is 1. The number of para-hydroxylation sites is 1. The molecule has 0 saturated carbocycles. The highest BCUT2D eigenvalue weighted by atomic mass is 16.5. The van der Waals surface area contributed by atoms with E-state index in [2.05, 4.69) is 18.3 Å². The number of nitriles is 1. The van der Waals surface area contributed by atoms with Crippen LogP contribution >= 0.6 is 0 Å². The van der Waals surface area contributed by atoms with Crippen molar-refractivity contribution >= 4 is 11.0 Å². The van der Waals surface area contributed by atoms with E-state index in [9.17, 15) is 0 Å². The van der Waals surface area contributed by atoms with E-state index >= 15 is 0 Å². The molecule has 4 nitrogen and oxygen atoms in total. The summed E-state index contributed by atoms with van der Waals surface area (Å²) in [5, 5.41) is 13.4. The summed E-state index contributed by atoms with van der Waals surface area (Å²) in [5.74, 6) is 1.60. The number of rotatable bonds is 5.